The molecular weight excluding hydrogens is 276 g/mol. The Labute approximate surface area is 144 Å². The molecule has 0 spiro atoms. The van der Waals surface area contributed by atoms with Gasteiger partial charge in [-0.05, 0) is 80.5 Å². The monoisotopic (exact) mass is 312 g/mol. The first-order chi connectivity index (χ1) is 10.9. The first kappa shape index (κ1) is 18.3. The van der Waals surface area contributed by atoms with Gasteiger partial charge in [-0.25, -0.2) is 0 Å². The van der Waals surface area contributed by atoms with Crippen molar-refractivity contribution in [3.05, 3.63) is 46.0 Å². The molecule has 0 heteroatoms. The normalized spacial score (nSPS) is 21.6. The smallest absolute Gasteiger partial charge is 0.00566 e. The molecule has 0 saturated heterocycles. The third kappa shape index (κ3) is 4.49. The molecule has 1 aliphatic rings. The highest BCUT2D eigenvalue weighted by Crippen LogP contribution is 2.42. The van der Waals surface area contributed by atoms with E-state index in [1.54, 1.807) is 11.1 Å². The Morgan fingerprint density at radius 2 is 1.70 bits per heavy atom. The minimum absolute atomic E-state index is 0.619. The predicted octanol–water partition coefficient (Wildman–Crippen LogP) is 7.13. The van der Waals surface area contributed by atoms with Crippen LogP contribution in [0.2, 0.25) is 0 Å². The second-order valence-electron chi connectivity index (χ2n) is 8.09. The van der Waals surface area contributed by atoms with E-state index < -0.39 is 0 Å². The number of unbranched alkanes of at least 4 members (excludes halogenated alkanes) is 2. The lowest BCUT2D eigenvalue weighted by Gasteiger charge is -2.35. The number of rotatable bonds is 6. The average molecular weight is 313 g/mol. The van der Waals surface area contributed by atoms with Gasteiger partial charge in [0.05, 0.1) is 0 Å². The standard InChI is InChI=1S/C23H36/c1-7-8-9-10-20-14-18(5)23(19(6)15-20)22-13-17(4)11-12-21(22)16(2)3/h13-16,21-22H,7-12H2,1-6H3. The van der Waals surface area contributed by atoms with Crippen LogP contribution < -0.4 is 0 Å². The summed E-state index contributed by atoms with van der Waals surface area (Å²) >= 11 is 0. The minimum atomic E-state index is 0.619. The van der Waals surface area contributed by atoms with E-state index in [2.05, 4.69) is 59.8 Å². The van der Waals surface area contributed by atoms with Crippen molar-refractivity contribution in [2.24, 2.45) is 11.8 Å². The van der Waals surface area contributed by atoms with Gasteiger partial charge >= 0.3 is 0 Å². The van der Waals surface area contributed by atoms with Crippen molar-refractivity contribution in [1.29, 1.82) is 0 Å². The maximum Gasteiger partial charge on any atom is 0.00566 e. The fourth-order valence-electron chi connectivity index (χ4n) is 4.45. The van der Waals surface area contributed by atoms with E-state index in [1.807, 2.05) is 0 Å². The van der Waals surface area contributed by atoms with Crippen LogP contribution in [0.5, 0.6) is 0 Å². The zero-order chi connectivity index (χ0) is 17.0. The minimum Gasteiger partial charge on any atom is -0.0778 e. The van der Waals surface area contributed by atoms with Crippen LogP contribution in [0, 0.1) is 25.7 Å². The molecule has 0 heterocycles. The molecule has 0 N–H and O–H groups in total. The molecule has 0 nitrogen and oxygen atoms in total. The van der Waals surface area contributed by atoms with E-state index in [0.717, 1.165) is 11.8 Å². The molecule has 0 radical (unpaired) electrons. The lowest BCUT2D eigenvalue weighted by molar-refractivity contribution is 0.314. The van der Waals surface area contributed by atoms with Crippen molar-refractivity contribution in [2.45, 2.75) is 86.0 Å². The molecule has 2 atom stereocenters. The van der Waals surface area contributed by atoms with Crippen LogP contribution in [0.15, 0.2) is 23.8 Å². The highest BCUT2D eigenvalue weighted by atomic mass is 14.3. The van der Waals surface area contributed by atoms with Gasteiger partial charge in [-0.1, -0.05) is 57.4 Å². The summed E-state index contributed by atoms with van der Waals surface area (Å²) in [6.45, 7) is 14.1. The topological polar surface area (TPSA) is 0 Å². The second kappa shape index (κ2) is 8.18. The molecular formula is C23H36. The van der Waals surface area contributed by atoms with Crippen molar-refractivity contribution < 1.29 is 0 Å². The maximum absolute atomic E-state index is 2.57. The summed E-state index contributed by atoms with van der Waals surface area (Å²) in [5, 5.41) is 0. The number of aryl methyl sites for hydroxylation is 3. The fourth-order valence-corrected chi connectivity index (χ4v) is 4.45. The Morgan fingerprint density at radius 1 is 1.04 bits per heavy atom. The summed E-state index contributed by atoms with van der Waals surface area (Å²) in [4.78, 5) is 0. The first-order valence-corrected chi connectivity index (χ1v) is 9.71. The summed E-state index contributed by atoms with van der Waals surface area (Å²) in [7, 11) is 0. The summed E-state index contributed by atoms with van der Waals surface area (Å²) in [6.07, 6.45) is 10.4. The van der Waals surface area contributed by atoms with Crippen molar-refractivity contribution in [3.8, 4) is 0 Å². The average Bonchev–Trinajstić information content (AvgIpc) is 2.46. The molecule has 0 bridgehead atoms. The SMILES string of the molecule is CCCCCc1cc(C)c(C2C=C(C)CCC2C(C)C)c(C)c1. The Balaban J connectivity index is 2.32. The molecule has 1 aromatic carbocycles. The van der Waals surface area contributed by atoms with Gasteiger partial charge in [0.15, 0.2) is 0 Å². The van der Waals surface area contributed by atoms with E-state index in [1.165, 1.54) is 55.2 Å². The number of hydrogen-bond donors (Lipinski definition) is 0. The molecule has 0 fully saturated rings. The number of benzene rings is 1. The molecule has 0 aliphatic heterocycles. The number of allylic oxidation sites excluding steroid dienone is 2. The van der Waals surface area contributed by atoms with Gasteiger partial charge in [0.1, 0.15) is 0 Å². The van der Waals surface area contributed by atoms with Crippen LogP contribution in [0.25, 0.3) is 0 Å². The largest absolute Gasteiger partial charge is 0.0778 e. The van der Waals surface area contributed by atoms with Gasteiger partial charge in [0.2, 0.25) is 0 Å². The molecule has 0 amide bonds. The van der Waals surface area contributed by atoms with Gasteiger partial charge in [0, 0.05) is 5.92 Å². The maximum atomic E-state index is 2.57. The van der Waals surface area contributed by atoms with Gasteiger partial charge in [-0.15, -0.1) is 0 Å². The second-order valence-corrected chi connectivity index (χ2v) is 8.09. The van der Waals surface area contributed by atoms with Crippen molar-refractivity contribution in [1.82, 2.24) is 0 Å². The van der Waals surface area contributed by atoms with Crippen LogP contribution in [-0.2, 0) is 6.42 Å². The number of hydrogen-bond acceptors (Lipinski definition) is 0. The molecule has 23 heavy (non-hydrogen) atoms. The quantitative estimate of drug-likeness (QED) is 0.387. The molecule has 2 rings (SSSR count). The summed E-state index contributed by atoms with van der Waals surface area (Å²) in [6, 6.07) is 4.93. The van der Waals surface area contributed by atoms with Gasteiger partial charge in [-0.2, -0.15) is 0 Å². The van der Waals surface area contributed by atoms with Gasteiger partial charge < -0.3 is 0 Å². The molecule has 0 aromatic heterocycles. The fraction of sp³-hybridized carbons (Fsp3) is 0.652. The summed E-state index contributed by atoms with van der Waals surface area (Å²) in [5.41, 5.74) is 7.76. The van der Waals surface area contributed by atoms with E-state index in [9.17, 15) is 0 Å². The molecule has 0 saturated carbocycles. The van der Waals surface area contributed by atoms with E-state index in [-0.39, 0.29) is 0 Å². The third-order valence-corrected chi connectivity index (χ3v) is 5.71. The lowest BCUT2D eigenvalue weighted by atomic mass is 9.70. The van der Waals surface area contributed by atoms with Crippen LogP contribution in [0.3, 0.4) is 0 Å². The molecule has 2 unspecified atom stereocenters. The van der Waals surface area contributed by atoms with Crippen molar-refractivity contribution >= 4 is 0 Å². The Bertz CT molecular complexity index is 524. The first-order valence-electron chi connectivity index (χ1n) is 9.71. The lowest BCUT2D eigenvalue weighted by Crippen LogP contribution is -2.22. The summed E-state index contributed by atoms with van der Waals surface area (Å²) < 4.78 is 0. The van der Waals surface area contributed by atoms with Crippen LogP contribution in [-0.4, -0.2) is 0 Å². The van der Waals surface area contributed by atoms with Crippen LogP contribution >= 0.6 is 0 Å². The zero-order valence-electron chi connectivity index (χ0n) is 16.2. The Kier molecular flexibility index (Phi) is 6.50. The molecule has 1 aliphatic carbocycles. The van der Waals surface area contributed by atoms with Crippen LogP contribution in [0.4, 0.5) is 0 Å². The third-order valence-electron chi connectivity index (χ3n) is 5.71. The Hall–Kier alpha value is -1.04. The predicted molar refractivity (Wildman–Crippen MR) is 103 cm³/mol. The Morgan fingerprint density at radius 3 is 2.26 bits per heavy atom. The van der Waals surface area contributed by atoms with E-state index in [4.69, 9.17) is 0 Å². The van der Waals surface area contributed by atoms with E-state index in [0.29, 0.717) is 5.92 Å². The highest BCUT2D eigenvalue weighted by molar-refractivity contribution is 5.43. The van der Waals surface area contributed by atoms with Crippen molar-refractivity contribution in [2.75, 3.05) is 0 Å². The zero-order valence-corrected chi connectivity index (χ0v) is 16.2. The summed E-state index contributed by atoms with van der Waals surface area (Å²) in [5.74, 6) is 2.17. The van der Waals surface area contributed by atoms with Gasteiger partial charge in [0.25, 0.3) is 0 Å². The van der Waals surface area contributed by atoms with Crippen LogP contribution in [0.1, 0.15) is 88.0 Å². The van der Waals surface area contributed by atoms with E-state index >= 15 is 0 Å². The highest BCUT2D eigenvalue weighted by Gasteiger charge is 2.29. The van der Waals surface area contributed by atoms with Gasteiger partial charge in [-0.3, -0.25) is 0 Å². The molecule has 1 aromatic rings. The van der Waals surface area contributed by atoms with Crippen molar-refractivity contribution in [3.63, 3.8) is 0 Å². The molecule has 128 valence electrons.